The number of rotatable bonds is 4. The standard InChI is InChI=1S/C19H23NO5/c1-24-17(22)14-12-8-10-19(11-9-12,18(23)25-2)15(14)16(21)20-13-6-4-3-5-7-13/h3-7,12,14-15H,8-11H2,1-2H3,(H,20,21)/t12?,14-,15+,19?/m1/s1. The van der Waals surface area contributed by atoms with Gasteiger partial charge in [0.15, 0.2) is 0 Å². The van der Waals surface area contributed by atoms with E-state index in [0.717, 1.165) is 12.8 Å². The van der Waals surface area contributed by atoms with Crippen molar-refractivity contribution in [2.24, 2.45) is 23.2 Å². The van der Waals surface area contributed by atoms with Crippen molar-refractivity contribution in [2.45, 2.75) is 25.7 Å². The molecule has 134 valence electrons. The van der Waals surface area contributed by atoms with Gasteiger partial charge in [-0.25, -0.2) is 0 Å². The van der Waals surface area contributed by atoms with Crippen LogP contribution in [0.3, 0.4) is 0 Å². The van der Waals surface area contributed by atoms with E-state index in [0.29, 0.717) is 18.5 Å². The molecule has 3 aliphatic rings. The van der Waals surface area contributed by atoms with E-state index < -0.39 is 29.2 Å². The molecule has 0 saturated heterocycles. The summed E-state index contributed by atoms with van der Waals surface area (Å²) < 4.78 is 9.99. The highest BCUT2D eigenvalue weighted by molar-refractivity contribution is 5.99. The number of para-hydroxylation sites is 1. The van der Waals surface area contributed by atoms with Crippen molar-refractivity contribution in [1.29, 1.82) is 0 Å². The Hall–Kier alpha value is -2.37. The molecule has 3 saturated carbocycles. The van der Waals surface area contributed by atoms with Crippen LogP contribution in [0, 0.1) is 23.2 Å². The van der Waals surface area contributed by atoms with Crippen LogP contribution in [-0.2, 0) is 23.9 Å². The molecule has 0 aromatic heterocycles. The topological polar surface area (TPSA) is 81.7 Å². The van der Waals surface area contributed by atoms with Gasteiger partial charge in [-0.3, -0.25) is 14.4 Å². The molecule has 2 atom stereocenters. The molecule has 1 N–H and O–H groups in total. The average molecular weight is 345 g/mol. The number of carbonyl (C=O) groups excluding carboxylic acids is 3. The van der Waals surface area contributed by atoms with Crippen molar-refractivity contribution < 1.29 is 23.9 Å². The van der Waals surface area contributed by atoms with E-state index in [-0.39, 0.29) is 11.8 Å². The summed E-state index contributed by atoms with van der Waals surface area (Å²) in [5.74, 6) is -2.49. The molecule has 4 rings (SSSR count). The SMILES string of the molecule is COC(=O)[C@@H]1C2CCC(C(=O)OC)(CC2)[C@@H]1C(=O)Nc1ccccc1. The van der Waals surface area contributed by atoms with Gasteiger partial charge in [-0.15, -0.1) is 0 Å². The van der Waals surface area contributed by atoms with Crippen LogP contribution in [0.5, 0.6) is 0 Å². The summed E-state index contributed by atoms with van der Waals surface area (Å²) in [6.45, 7) is 0. The number of nitrogens with one attached hydrogen (secondary N) is 1. The number of hydrogen-bond donors (Lipinski definition) is 1. The Balaban J connectivity index is 1.98. The predicted molar refractivity (Wildman–Crippen MR) is 90.5 cm³/mol. The number of esters is 2. The Morgan fingerprint density at radius 1 is 1.04 bits per heavy atom. The van der Waals surface area contributed by atoms with Gasteiger partial charge >= 0.3 is 11.9 Å². The van der Waals surface area contributed by atoms with Gasteiger partial charge in [0.1, 0.15) is 0 Å². The lowest BCUT2D eigenvalue weighted by molar-refractivity contribution is -0.182. The molecular formula is C19H23NO5. The largest absolute Gasteiger partial charge is 0.469 e. The first-order valence-corrected chi connectivity index (χ1v) is 8.55. The summed E-state index contributed by atoms with van der Waals surface area (Å²) in [5, 5.41) is 2.85. The van der Waals surface area contributed by atoms with E-state index in [4.69, 9.17) is 9.47 Å². The van der Waals surface area contributed by atoms with Crippen LogP contribution in [0.25, 0.3) is 0 Å². The number of ether oxygens (including phenoxy) is 2. The first kappa shape index (κ1) is 17.5. The van der Waals surface area contributed by atoms with Gasteiger partial charge in [0.05, 0.1) is 31.5 Å². The van der Waals surface area contributed by atoms with Crippen LogP contribution >= 0.6 is 0 Å². The molecule has 6 nitrogen and oxygen atoms in total. The number of anilines is 1. The lowest BCUT2D eigenvalue weighted by atomic mass is 9.50. The maximum absolute atomic E-state index is 13.1. The fourth-order valence-corrected chi connectivity index (χ4v) is 4.60. The fourth-order valence-electron chi connectivity index (χ4n) is 4.60. The van der Waals surface area contributed by atoms with E-state index in [9.17, 15) is 14.4 Å². The molecule has 0 heterocycles. The number of amides is 1. The van der Waals surface area contributed by atoms with E-state index in [1.54, 1.807) is 12.1 Å². The van der Waals surface area contributed by atoms with Crippen molar-refractivity contribution in [3.63, 3.8) is 0 Å². The van der Waals surface area contributed by atoms with Crippen LogP contribution in [0.2, 0.25) is 0 Å². The van der Waals surface area contributed by atoms with Crippen molar-refractivity contribution in [3.05, 3.63) is 30.3 Å². The second-order valence-electron chi connectivity index (χ2n) is 6.87. The van der Waals surface area contributed by atoms with Crippen LogP contribution < -0.4 is 5.32 Å². The summed E-state index contributed by atoms with van der Waals surface area (Å²) in [5.41, 5.74) is -0.320. The average Bonchev–Trinajstić information content (AvgIpc) is 2.67. The summed E-state index contributed by atoms with van der Waals surface area (Å²) in [6.07, 6.45) is 2.57. The molecule has 3 fully saturated rings. The van der Waals surface area contributed by atoms with Crippen molar-refractivity contribution in [3.8, 4) is 0 Å². The molecule has 2 bridgehead atoms. The number of benzene rings is 1. The van der Waals surface area contributed by atoms with E-state index in [2.05, 4.69) is 5.32 Å². The number of fused-ring (bicyclic) bond motifs is 3. The van der Waals surface area contributed by atoms with Gasteiger partial charge in [0, 0.05) is 5.69 Å². The smallest absolute Gasteiger partial charge is 0.312 e. The van der Waals surface area contributed by atoms with Gasteiger partial charge in [-0.05, 0) is 43.7 Å². The molecule has 0 aliphatic heterocycles. The minimum Gasteiger partial charge on any atom is -0.469 e. The van der Waals surface area contributed by atoms with E-state index in [1.807, 2.05) is 18.2 Å². The molecule has 1 aromatic rings. The number of methoxy groups -OCH3 is 2. The van der Waals surface area contributed by atoms with Gasteiger partial charge in [0.2, 0.25) is 5.91 Å². The Morgan fingerprint density at radius 2 is 1.68 bits per heavy atom. The highest BCUT2D eigenvalue weighted by atomic mass is 16.5. The van der Waals surface area contributed by atoms with Gasteiger partial charge in [-0.2, -0.15) is 0 Å². The zero-order chi connectivity index (χ0) is 18.0. The zero-order valence-electron chi connectivity index (χ0n) is 14.5. The van der Waals surface area contributed by atoms with Gasteiger partial charge < -0.3 is 14.8 Å². The maximum atomic E-state index is 13.1. The van der Waals surface area contributed by atoms with Crippen molar-refractivity contribution in [2.75, 3.05) is 19.5 Å². The zero-order valence-corrected chi connectivity index (χ0v) is 14.5. The summed E-state index contributed by atoms with van der Waals surface area (Å²) in [6, 6.07) is 9.03. The molecule has 1 amide bonds. The predicted octanol–water partition coefficient (Wildman–Crippen LogP) is 2.39. The van der Waals surface area contributed by atoms with Crippen molar-refractivity contribution in [1.82, 2.24) is 0 Å². The molecule has 0 radical (unpaired) electrons. The van der Waals surface area contributed by atoms with Crippen LogP contribution in [-0.4, -0.2) is 32.1 Å². The Bertz CT molecular complexity index is 664. The Kier molecular flexibility index (Phi) is 4.79. The Labute approximate surface area is 146 Å². The monoisotopic (exact) mass is 345 g/mol. The second-order valence-corrected chi connectivity index (χ2v) is 6.87. The van der Waals surface area contributed by atoms with E-state index in [1.165, 1.54) is 14.2 Å². The molecular weight excluding hydrogens is 322 g/mol. The molecule has 0 spiro atoms. The number of hydrogen-bond acceptors (Lipinski definition) is 5. The lowest BCUT2D eigenvalue weighted by Crippen LogP contribution is -2.59. The molecule has 0 unspecified atom stereocenters. The fraction of sp³-hybridized carbons (Fsp3) is 0.526. The lowest BCUT2D eigenvalue weighted by Gasteiger charge is -2.52. The molecule has 3 aliphatic carbocycles. The van der Waals surface area contributed by atoms with Crippen LogP contribution in [0.1, 0.15) is 25.7 Å². The molecule has 25 heavy (non-hydrogen) atoms. The summed E-state index contributed by atoms with van der Waals surface area (Å²) >= 11 is 0. The highest BCUT2D eigenvalue weighted by Gasteiger charge is 2.63. The third-order valence-corrected chi connectivity index (χ3v) is 5.77. The normalized spacial score (nSPS) is 30.4. The van der Waals surface area contributed by atoms with Gasteiger partial charge in [-0.1, -0.05) is 18.2 Å². The van der Waals surface area contributed by atoms with E-state index >= 15 is 0 Å². The Morgan fingerprint density at radius 3 is 2.24 bits per heavy atom. The van der Waals surface area contributed by atoms with Crippen molar-refractivity contribution >= 4 is 23.5 Å². The highest BCUT2D eigenvalue weighted by Crippen LogP contribution is 2.57. The molecule has 6 heteroatoms. The third kappa shape index (κ3) is 2.90. The van der Waals surface area contributed by atoms with Crippen LogP contribution in [0.15, 0.2) is 30.3 Å². The second kappa shape index (κ2) is 6.86. The number of carbonyl (C=O) groups is 3. The van der Waals surface area contributed by atoms with Gasteiger partial charge in [0.25, 0.3) is 0 Å². The molecule has 1 aromatic carbocycles. The van der Waals surface area contributed by atoms with Crippen LogP contribution in [0.4, 0.5) is 5.69 Å². The first-order chi connectivity index (χ1) is 12.0. The maximum Gasteiger partial charge on any atom is 0.312 e. The summed E-state index contributed by atoms with van der Waals surface area (Å²) in [7, 11) is 2.65. The minimum absolute atomic E-state index is 0.0607. The quantitative estimate of drug-likeness (QED) is 0.848. The third-order valence-electron chi connectivity index (χ3n) is 5.77. The summed E-state index contributed by atoms with van der Waals surface area (Å²) in [4.78, 5) is 38.1. The minimum atomic E-state index is -0.957. The first-order valence-electron chi connectivity index (χ1n) is 8.55.